The number of ether oxygens (including phenoxy) is 1. The highest BCUT2D eigenvalue weighted by atomic mass is 32.2. The van der Waals surface area contributed by atoms with Crippen molar-refractivity contribution in [3.8, 4) is 17.7 Å². The van der Waals surface area contributed by atoms with Crippen molar-refractivity contribution >= 4 is 33.6 Å². The second kappa shape index (κ2) is 7.37. The number of hydrogen-bond donors (Lipinski definition) is 2. The predicted molar refractivity (Wildman–Crippen MR) is 105 cm³/mol. The van der Waals surface area contributed by atoms with E-state index in [2.05, 4.69) is 4.98 Å². The predicted octanol–water partition coefficient (Wildman–Crippen LogP) is 0.780. The Morgan fingerprint density at radius 3 is 2.32 bits per heavy atom. The summed E-state index contributed by atoms with van der Waals surface area (Å²) in [7, 11) is -4.06. The van der Waals surface area contributed by atoms with E-state index in [9.17, 15) is 22.8 Å². The molecule has 0 bridgehead atoms. The van der Waals surface area contributed by atoms with Crippen LogP contribution in [0, 0.1) is 11.3 Å². The molecule has 158 valence electrons. The Balaban J connectivity index is 1.68. The molecule has 0 atom stereocenters. The number of amides is 4. The van der Waals surface area contributed by atoms with Gasteiger partial charge in [0.05, 0.1) is 29.3 Å². The molecule has 1 aromatic carbocycles. The quantitative estimate of drug-likeness (QED) is 0.661. The van der Waals surface area contributed by atoms with Gasteiger partial charge in [-0.25, -0.2) is 22.5 Å². The topological polar surface area (TPSA) is 159 Å². The van der Waals surface area contributed by atoms with E-state index in [1.54, 1.807) is 24.3 Å². The van der Waals surface area contributed by atoms with E-state index in [0.717, 1.165) is 4.31 Å². The Kier molecular flexibility index (Phi) is 4.82. The van der Waals surface area contributed by atoms with E-state index >= 15 is 0 Å². The average Bonchev–Trinajstić information content (AvgIpc) is 2.73. The fraction of sp³-hybridized carbons (Fsp3) is 0.211. The fourth-order valence-corrected chi connectivity index (χ4v) is 5.40. The van der Waals surface area contributed by atoms with Crippen molar-refractivity contribution in [2.24, 2.45) is 0 Å². The van der Waals surface area contributed by atoms with Crippen LogP contribution in [0.1, 0.15) is 18.4 Å². The lowest BCUT2D eigenvalue weighted by atomic mass is 9.89. The Morgan fingerprint density at radius 2 is 1.74 bits per heavy atom. The van der Waals surface area contributed by atoms with E-state index in [1.807, 2.05) is 16.7 Å². The molecule has 2 saturated heterocycles. The van der Waals surface area contributed by atoms with E-state index in [-0.39, 0.29) is 30.2 Å². The summed E-state index contributed by atoms with van der Waals surface area (Å²) in [6.07, 6.45) is 1.14. The van der Waals surface area contributed by atoms with Crippen LogP contribution < -0.4 is 19.7 Å². The van der Waals surface area contributed by atoms with Crippen molar-refractivity contribution in [3.63, 3.8) is 0 Å². The number of nitrogens with zero attached hydrogens (tertiary/aromatic N) is 3. The van der Waals surface area contributed by atoms with E-state index in [4.69, 9.17) is 10.00 Å². The lowest BCUT2D eigenvalue weighted by Gasteiger charge is -2.45. The highest BCUT2D eigenvalue weighted by molar-refractivity contribution is 7.93. The van der Waals surface area contributed by atoms with Crippen LogP contribution in [0.5, 0.6) is 11.6 Å². The largest absolute Gasteiger partial charge is 0.439 e. The number of aromatic nitrogens is 1. The molecule has 3 heterocycles. The molecule has 1 aromatic heterocycles. The lowest BCUT2D eigenvalue weighted by Crippen LogP contribution is -2.75. The zero-order valence-electron chi connectivity index (χ0n) is 15.9. The Bertz CT molecular complexity index is 1200. The first-order chi connectivity index (χ1) is 14.8. The number of benzene rings is 1. The summed E-state index contributed by atoms with van der Waals surface area (Å²) in [6.45, 7) is 0. The minimum Gasteiger partial charge on any atom is -0.439 e. The second-order valence-electron chi connectivity index (χ2n) is 6.87. The lowest BCUT2D eigenvalue weighted by molar-refractivity contribution is -0.137. The molecule has 0 aliphatic carbocycles. The van der Waals surface area contributed by atoms with Crippen molar-refractivity contribution in [3.05, 3.63) is 48.2 Å². The molecule has 31 heavy (non-hydrogen) atoms. The van der Waals surface area contributed by atoms with Gasteiger partial charge in [-0.05, 0) is 43.2 Å². The van der Waals surface area contributed by atoms with Crippen LogP contribution in [0.3, 0.4) is 0 Å². The van der Waals surface area contributed by atoms with Crippen LogP contribution in [0.4, 0.5) is 10.5 Å². The van der Waals surface area contributed by atoms with Gasteiger partial charge in [0.25, 0.3) is 11.8 Å². The number of nitriles is 1. The maximum absolute atomic E-state index is 12.9. The minimum absolute atomic E-state index is 0.0217. The third-order valence-electron chi connectivity index (χ3n) is 4.93. The standard InChI is InChI=1S/C19H15N5O6S/c20-10-12-2-5-14(6-3-12)30-15-7-4-13(11-21-15)24-19(8-1-9-31(24,28)29)16(25)22-18(27)23-17(19)26/h2-7,11H,1,8-9H2,(H2,22,23,25,26,27). The second-order valence-corrected chi connectivity index (χ2v) is 8.81. The maximum Gasteiger partial charge on any atom is 0.328 e. The van der Waals surface area contributed by atoms with Gasteiger partial charge in [-0.3, -0.25) is 20.2 Å². The van der Waals surface area contributed by atoms with Crippen LogP contribution in [0.25, 0.3) is 0 Å². The number of nitrogens with one attached hydrogen (secondary N) is 2. The number of rotatable bonds is 3. The average molecular weight is 441 g/mol. The van der Waals surface area contributed by atoms with E-state index in [0.29, 0.717) is 11.3 Å². The molecule has 0 unspecified atom stereocenters. The zero-order chi connectivity index (χ0) is 22.2. The Labute approximate surface area is 176 Å². The van der Waals surface area contributed by atoms with Gasteiger partial charge in [0.1, 0.15) is 5.75 Å². The Hall–Kier alpha value is -3.98. The van der Waals surface area contributed by atoms with E-state index in [1.165, 1.54) is 18.3 Å². The Morgan fingerprint density at radius 1 is 1.06 bits per heavy atom. The van der Waals surface area contributed by atoms with Gasteiger partial charge in [0.15, 0.2) is 0 Å². The van der Waals surface area contributed by atoms with Gasteiger partial charge in [0, 0.05) is 6.07 Å². The van der Waals surface area contributed by atoms with Crippen LogP contribution in [0.2, 0.25) is 0 Å². The number of anilines is 1. The number of pyridine rings is 1. The molecular formula is C19H15N5O6S. The smallest absolute Gasteiger partial charge is 0.328 e. The molecule has 0 radical (unpaired) electrons. The minimum atomic E-state index is -4.06. The summed E-state index contributed by atoms with van der Waals surface area (Å²) < 4.78 is 32.0. The summed E-state index contributed by atoms with van der Waals surface area (Å²) in [6, 6.07) is 10.0. The molecule has 1 spiro atoms. The first-order valence-corrected chi connectivity index (χ1v) is 10.7. The van der Waals surface area contributed by atoms with Crippen LogP contribution in [-0.2, 0) is 19.6 Å². The van der Waals surface area contributed by atoms with Crippen LogP contribution in [0.15, 0.2) is 42.6 Å². The van der Waals surface area contributed by atoms with Gasteiger partial charge >= 0.3 is 6.03 Å². The molecule has 4 amide bonds. The molecule has 2 N–H and O–H groups in total. The molecule has 2 aromatic rings. The van der Waals surface area contributed by atoms with Crippen molar-refractivity contribution in [2.45, 2.75) is 18.4 Å². The third-order valence-corrected chi connectivity index (χ3v) is 6.82. The summed E-state index contributed by atoms with van der Waals surface area (Å²) in [5.74, 6) is -1.76. The summed E-state index contributed by atoms with van der Waals surface area (Å²) in [5, 5.41) is 12.8. The first-order valence-electron chi connectivity index (χ1n) is 9.10. The van der Waals surface area contributed by atoms with Crippen molar-refractivity contribution in [1.82, 2.24) is 15.6 Å². The molecule has 0 saturated carbocycles. The fourth-order valence-electron chi connectivity index (χ4n) is 3.55. The number of hydrogen-bond acceptors (Lipinski definition) is 8. The zero-order valence-corrected chi connectivity index (χ0v) is 16.7. The van der Waals surface area contributed by atoms with Crippen molar-refractivity contribution < 1.29 is 27.5 Å². The van der Waals surface area contributed by atoms with Gasteiger partial charge in [0.2, 0.25) is 21.4 Å². The summed E-state index contributed by atoms with van der Waals surface area (Å²) >= 11 is 0. The summed E-state index contributed by atoms with van der Waals surface area (Å²) in [4.78, 5) is 40.9. The van der Waals surface area contributed by atoms with E-state index < -0.39 is 33.4 Å². The van der Waals surface area contributed by atoms with Crippen molar-refractivity contribution in [2.75, 3.05) is 10.1 Å². The normalized spacial score (nSPS) is 19.3. The number of imide groups is 2. The molecule has 11 nitrogen and oxygen atoms in total. The highest BCUT2D eigenvalue weighted by Gasteiger charge is 2.60. The van der Waals surface area contributed by atoms with Gasteiger partial charge < -0.3 is 4.74 Å². The first kappa shape index (κ1) is 20.3. The monoisotopic (exact) mass is 441 g/mol. The van der Waals surface area contributed by atoms with Crippen molar-refractivity contribution in [1.29, 1.82) is 5.26 Å². The molecule has 4 rings (SSSR count). The highest BCUT2D eigenvalue weighted by Crippen LogP contribution is 2.37. The number of urea groups is 1. The molecule has 2 aliphatic rings. The molecule has 2 aliphatic heterocycles. The third kappa shape index (κ3) is 3.44. The number of sulfonamides is 1. The van der Waals surface area contributed by atoms with Crippen LogP contribution >= 0.6 is 0 Å². The van der Waals surface area contributed by atoms with Gasteiger partial charge in [-0.15, -0.1) is 0 Å². The number of barbiturate groups is 1. The molecule has 2 fully saturated rings. The van der Waals surface area contributed by atoms with Gasteiger partial charge in [-0.1, -0.05) is 0 Å². The van der Waals surface area contributed by atoms with Gasteiger partial charge in [-0.2, -0.15) is 5.26 Å². The number of carbonyl (C=O) groups excluding carboxylic acids is 3. The summed E-state index contributed by atoms with van der Waals surface area (Å²) in [5.41, 5.74) is -1.69. The maximum atomic E-state index is 12.9. The molecular weight excluding hydrogens is 426 g/mol. The van der Waals surface area contributed by atoms with Crippen LogP contribution in [-0.4, -0.2) is 42.5 Å². The molecule has 12 heteroatoms. The SMILES string of the molecule is N#Cc1ccc(Oc2ccc(N3C4(CCCS3(=O)=O)C(=O)NC(=O)NC4=O)cn2)cc1. The number of carbonyl (C=O) groups is 3.